The molecule has 2 amide bonds. The van der Waals surface area contributed by atoms with E-state index in [0.29, 0.717) is 40.4 Å². The zero-order valence-corrected chi connectivity index (χ0v) is 26.3. The molecule has 2 unspecified atom stereocenters. The number of carbonyl (C=O) groups is 2. The normalized spacial score (nSPS) is 22.0. The Balaban J connectivity index is 1.22. The topological polar surface area (TPSA) is 61.2 Å². The van der Waals surface area contributed by atoms with E-state index in [-0.39, 0.29) is 30.3 Å². The maximum Gasteiger partial charge on any atom is 0.270 e. The highest BCUT2D eigenvalue weighted by Crippen LogP contribution is 2.44. The Kier molecular flexibility index (Phi) is 8.96. The lowest BCUT2D eigenvalue weighted by molar-refractivity contribution is -0.134. The number of rotatable bonds is 5. The van der Waals surface area contributed by atoms with E-state index < -0.39 is 0 Å². The number of allylic oxidation sites excluding steroid dienone is 1. The Labute approximate surface area is 267 Å². The quantitative estimate of drug-likeness (QED) is 0.304. The van der Waals surface area contributed by atoms with Gasteiger partial charge in [0.15, 0.2) is 0 Å². The van der Waals surface area contributed by atoms with Crippen LogP contribution in [0.25, 0.3) is 6.08 Å². The molecule has 0 bridgehead atoms. The predicted octanol–water partition coefficient (Wildman–Crippen LogP) is 6.96. The molecule has 2 atom stereocenters. The summed E-state index contributed by atoms with van der Waals surface area (Å²) in [5.74, 6) is 0.0221. The fourth-order valence-corrected chi connectivity index (χ4v) is 6.96. The van der Waals surface area contributed by atoms with Gasteiger partial charge in [0.1, 0.15) is 5.69 Å². The molecule has 1 aromatic heterocycles. The van der Waals surface area contributed by atoms with Gasteiger partial charge >= 0.3 is 0 Å². The van der Waals surface area contributed by atoms with E-state index in [1.54, 1.807) is 21.8 Å². The Bertz CT molecular complexity index is 1560. The van der Waals surface area contributed by atoms with Crippen LogP contribution in [0.2, 0.25) is 15.1 Å². The summed E-state index contributed by atoms with van der Waals surface area (Å²) in [6.07, 6.45) is 7.59. The van der Waals surface area contributed by atoms with Crippen molar-refractivity contribution in [1.82, 2.24) is 19.4 Å². The SMILES string of the molecule is Cn1cc(Cl)cc1C(=O)N1CCCN(CC(=O)N2N=C3/C(=C\c4ccc(Cl)cc4)CCCC3C2c2ccc(Cl)cc2)CC1. The predicted molar refractivity (Wildman–Crippen MR) is 173 cm³/mol. The number of amides is 2. The molecule has 7 nitrogen and oxygen atoms in total. The van der Waals surface area contributed by atoms with Crippen molar-refractivity contribution in [2.45, 2.75) is 31.7 Å². The van der Waals surface area contributed by atoms with Crippen molar-refractivity contribution in [1.29, 1.82) is 0 Å². The highest BCUT2D eigenvalue weighted by atomic mass is 35.5. The van der Waals surface area contributed by atoms with E-state index in [1.165, 1.54) is 0 Å². The first-order valence-corrected chi connectivity index (χ1v) is 15.9. The smallest absolute Gasteiger partial charge is 0.270 e. The standard InChI is InChI=1S/C33H34Cl3N5O2/c1-38-20-27(36)19-29(38)33(43)40-15-3-14-39(16-17-40)21-30(42)41-32(23-8-12-26(35)13-9-23)28-5-2-4-24(31(28)37-41)18-22-6-10-25(34)11-7-22/h6-13,18-20,28,32H,2-5,14-17,21H2,1H3/b24-18-. The van der Waals surface area contributed by atoms with Crippen LogP contribution in [0, 0.1) is 5.92 Å². The number of hydrazone groups is 1. The van der Waals surface area contributed by atoms with Gasteiger partial charge in [-0.3, -0.25) is 14.5 Å². The number of aromatic nitrogens is 1. The largest absolute Gasteiger partial charge is 0.345 e. The van der Waals surface area contributed by atoms with E-state index in [1.807, 2.05) is 60.5 Å². The number of aryl methyl sites for hydroxylation is 1. The lowest BCUT2D eigenvalue weighted by Gasteiger charge is -2.31. The average molecular weight is 639 g/mol. The van der Waals surface area contributed by atoms with Crippen molar-refractivity contribution in [2.24, 2.45) is 18.1 Å². The minimum absolute atomic E-state index is 0.0401. The lowest BCUT2D eigenvalue weighted by atomic mass is 9.77. The minimum atomic E-state index is -0.194. The summed E-state index contributed by atoms with van der Waals surface area (Å²) < 4.78 is 1.76. The number of hydrogen-bond acceptors (Lipinski definition) is 4. The molecule has 2 aromatic carbocycles. The highest BCUT2D eigenvalue weighted by Gasteiger charge is 2.44. The van der Waals surface area contributed by atoms with E-state index in [2.05, 4.69) is 11.0 Å². The third-order valence-corrected chi connectivity index (χ3v) is 9.32. The highest BCUT2D eigenvalue weighted by molar-refractivity contribution is 6.31. The van der Waals surface area contributed by atoms with E-state index in [0.717, 1.165) is 54.6 Å². The van der Waals surface area contributed by atoms with Crippen molar-refractivity contribution < 1.29 is 9.59 Å². The molecule has 0 N–H and O–H groups in total. The van der Waals surface area contributed by atoms with Crippen molar-refractivity contribution in [3.63, 3.8) is 0 Å². The van der Waals surface area contributed by atoms with Crippen LogP contribution in [0.15, 0.2) is 71.5 Å². The second-order valence-electron chi connectivity index (χ2n) is 11.5. The van der Waals surface area contributed by atoms with E-state index >= 15 is 0 Å². The molecule has 6 rings (SSSR count). The molecule has 1 aliphatic carbocycles. The summed E-state index contributed by atoms with van der Waals surface area (Å²) in [4.78, 5) is 31.2. The second-order valence-corrected chi connectivity index (χ2v) is 12.8. The van der Waals surface area contributed by atoms with Crippen molar-refractivity contribution >= 4 is 58.4 Å². The first-order valence-electron chi connectivity index (χ1n) is 14.7. The third kappa shape index (κ3) is 6.55. The fraction of sp³-hybridized carbons (Fsp3) is 0.364. The summed E-state index contributed by atoms with van der Waals surface area (Å²) >= 11 is 18.5. The summed E-state index contributed by atoms with van der Waals surface area (Å²) in [6, 6.07) is 17.1. The number of fused-ring (bicyclic) bond motifs is 1. The molecule has 43 heavy (non-hydrogen) atoms. The van der Waals surface area contributed by atoms with Gasteiger partial charge in [-0.05, 0) is 78.8 Å². The molecule has 224 valence electrons. The van der Waals surface area contributed by atoms with Crippen LogP contribution in [0.5, 0.6) is 0 Å². The van der Waals surface area contributed by atoms with Gasteiger partial charge in [-0.15, -0.1) is 0 Å². The van der Waals surface area contributed by atoms with Crippen LogP contribution in [-0.2, 0) is 11.8 Å². The van der Waals surface area contributed by atoms with Crippen molar-refractivity contribution in [2.75, 3.05) is 32.7 Å². The zero-order valence-electron chi connectivity index (χ0n) is 24.1. The van der Waals surface area contributed by atoms with Crippen LogP contribution in [0.4, 0.5) is 0 Å². The van der Waals surface area contributed by atoms with Gasteiger partial charge in [-0.2, -0.15) is 5.10 Å². The summed E-state index contributed by atoms with van der Waals surface area (Å²) in [5, 5.41) is 8.65. The summed E-state index contributed by atoms with van der Waals surface area (Å²) in [5.41, 5.74) is 4.82. The van der Waals surface area contributed by atoms with Crippen LogP contribution >= 0.6 is 34.8 Å². The molecule has 0 spiro atoms. The molecule has 10 heteroatoms. The molecule has 3 aromatic rings. The van der Waals surface area contributed by atoms with Gasteiger partial charge < -0.3 is 9.47 Å². The Morgan fingerprint density at radius 1 is 0.907 bits per heavy atom. The second kappa shape index (κ2) is 12.9. The maximum atomic E-state index is 14.0. The molecule has 0 radical (unpaired) electrons. The minimum Gasteiger partial charge on any atom is -0.345 e. The van der Waals surface area contributed by atoms with E-state index in [4.69, 9.17) is 39.9 Å². The monoisotopic (exact) mass is 637 g/mol. The summed E-state index contributed by atoms with van der Waals surface area (Å²) in [7, 11) is 1.82. The molecular formula is C33H34Cl3N5O2. The number of carbonyl (C=O) groups excluding carboxylic acids is 2. The summed E-state index contributed by atoms with van der Waals surface area (Å²) in [6.45, 7) is 2.75. The molecule has 1 saturated carbocycles. The Morgan fingerprint density at radius 3 is 2.33 bits per heavy atom. The van der Waals surface area contributed by atoms with Crippen molar-refractivity contribution in [3.8, 4) is 0 Å². The first kappa shape index (κ1) is 29.9. The van der Waals surface area contributed by atoms with Gasteiger partial charge in [0.05, 0.1) is 23.3 Å². The lowest BCUT2D eigenvalue weighted by Crippen LogP contribution is -2.41. The van der Waals surface area contributed by atoms with Gasteiger partial charge in [-0.1, -0.05) is 59.1 Å². The van der Waals surface area contributed by atoms with Gasteiger partial charge in [0.25, 0.3) is 11.8 Å². The number of halogens is 3. The molecule has 1 saturated heterocycles. The molecule has 2 fully saturated rings. The van der Waals surface area contributed by atoms with Crippen LogP contribution in [0.3, 0.4) is 0 Å². The molecule has 3 heterocycles. The molecule has 3 aliphatic rings. The van der Waals surface area contributed by atoms with Gasteiger partial charge in [0, 0.05) is 55.4 Å². The number of benzene rings is 2. The van der Waals surface area contributed by atoms with Crippen LogP contribution in [-0.4, -0.2) is 69.6 Å². The average Bonchev–Trinajstić information content (AvgIpc) is 3.46. The van der Waals surface area contributed by atoms with Gasteiger partial charge in [0.2, 0.25) is 0 Å². The Morgan fingerprint density at radius 2 is 1.63 bits per heavy atom. The van der Waals surface area contributed by atoms with Gasteiger partial charge in [-0.25, -0.2) is 5.01 Å². The fourth-order valence-electron chi connectivity index (χ4n) is 6.46. The zero-order chi connectivity index (χ0) is 30.1. The van der Waals surface area contributed by atoms with E-state index in [9.17, 15) is 9.59 Å². The number of nitrogens with zero attached hydrogens (tertiary/aromatic N) is 5. The Hall–Kier alpha value is -3.10. The van der Waals surface area contributed by atoms with Crippen molar-refractivity contribution in [3.05, 3.63) is 98.3 Å². The van der Waals surface area contributed by atoms with Crippen LogP contribution < -0.4 is 0 Å². The third-order valence-electron chi connectivity index (χ3n) is 8.60. The molecule has 2 aliphatic heterocycles. The molecular weight excluding hydrogens is 605 g/mol. The van der Waals surface area contributed by atoms with Crippen LogP contribution in [0.1, 0.15) is 53.3 Å². The maximum absolute atomic E-state index is 14.0. The first-order chi connectivity index (χ1) is 20.8. The number of hydrogen-bond donors (Lipinski definition) is 0.